The van der Waals surface area contributed by atoms with E-state index in [1.807, 2.05) is 52.9 Å². The van der Waals surface area contributed by atoms with Crippen LogP contribution >= 0.6 is 0 Å². The SMILES string of the molecule is C#CCOC1C(OC(C)C)c2cc(NC)ccc2OC1(C)C. The number of rotatable bonds is 5. The molecule has 4 heteroatoms. The van der Waals surface area contributed by atoms with Gasteiger partial charge in [0.25, 0.3) is 0 Å². The molecule has 1 N–H and O–H groups in total. The quantitative estimate of drug-likeness (QED) is 0.847. The van der Waals surface area contributed by atoms with Crippen LogP contribution in [0.25, 0.3) is 0 Å². The molecule has 0 saturated carbocycles. The highest BCUT2D eigenvalue weighted by atomic mass is 16.6. The first-order valence-electron chi connectivity index (χ1n) is 7.60. The molecular formula is C18H25NO3. The first-order valence-corrected chi connectivity index (χ1v) is 7.60. The van der Waals surface area contributed by atoms with Gasteiger partial charge in [-0.05, 0) is 45.9 Å². The molecule has 1 heterocycles. The van der Waals surface area contributed by atoms with Crippen LogP contribution in [0.3, 0.4) is 0 Å². The van der Waals surface area contributed by atoms with Crippen molar-refractivity contribution >= 4 is 5.69 Å². The van der Waals surface area contributed by atoms with Crippen LogP contribution in [0, 0.1) is 12.3 Å². The zero-order valence-corrected chi connectivity index (χ0v) is 14.0. The van der Waals surface area contributed by atoms with E-state index in [0.717, 1.165) is 17.0 Å². The van der Waals surface area contributed by atoms with Gasteiger partial charge in [-0.1, -0.05) is 5.92 Å². The lowest BCUT2D eigenvalue weighted by molar-refractivity contribution is -0.167. The Bertz CT molecular complexity index is 560. The number of benzene rings is 1. The van der Waals surface area contributed by atoms with Crippen LogP contribution in [-0.2, 0) is 9.47 Å². The third-order valence-electron chi connectivity index (χ3n) is 3.70. The molecule has 4 nitrogen and oxygen atoms in total. The summed E-state index contributed by atoms with van der Waals surface area (Å²) in [5, 5.41) is 3.15. The minimum atomic E-state index is -0.523. The third-order valence-corrected chi connectivity index (χ3v) is 3.70. The lowest BCUT2D eigenvalue weighted by Gasteiger charge is -2.44. The van der Waals surface area contributed by atoms with E-state index in [0.29, 0.717) is 0 Å². The molecule has 0 aromatic heterocycles. The Hall–Kier alpha value is -1.70. The van der Waals surface area contributed by atoms with Gasteiger partial charge in [-0.25, -0.2) is 0 Å². The predicted molar refractivity (Wildman–Crippen MR) is 88.2 cm³/mol. The van der Waals surface area contributed by atoms with E-state index in [2.05, 4.69) is 11.2 Å². The van der Waals surface area contributed by atoms with Gasteiger partial charge in [-0.2, -0.15) is 0 Å². The number of terminal acetylenes is 1. The fourth-order valence-electron chi connectivity index (χ4n) is 2.75. The van der Waals surface area contributed by atoms with Crippen molar-refractivity contribution in [3.05, 3.63) is 23.8 Å². The number of hydrogen-bond donors (Lipinski definition) is 1. The van der Waals surface area contributed by atoms with Crippen molar-refractivity contribution < 1.29 is 14.2 Å². The Labute approximate surface area is 133 Å². The van der Waals surface area contributed by atoms with Gasteiger partial charge in [0.15, 0.2) is 0 Å². The van der Waals surface area contributed by atoms with Crippen LogP contribution in [0.4, 0.5) is 5.69 Å². The van der Waals surface area contributed by atoms with Crippen molar-refractivity contribution in [3.63, 3.8) is 0 Å². The Morgan fingerprint density at radius 2 is 2.14 bits per heavy atom. The molecule has 2 rings (SSSR count). The number of nitrogens with one attached hydrogen (secondary N) is 1. The monoisotopic (exact) mass is 303 g/mol. The van der Waals surface area contributed by atoms with Crippen LogP contribution < -0.4 is 10.1 Å². The second kappa shape index (κ2) is 6.60. The average Bonchev–Trinajstić information content (AvgIpc) is 2.45. The maximum absolute atomic E-state index is 6.16. The minimum absolute atomic E-state index is 0.0712. The maximum atomic E-state index is 6.16. The average molecular weight is 303 g/mol. The Morgan fingerprint density at radius 3 is 2.73 bits per heavy atom. The number of hydrogen-bond acceptors (Lipinski definition) is 4. The van der Waals surface area contributed by atoms with Gasteiger partial charge >= 0.3 is 0 Å². The number of anilines is 1. The molecule has 0 bridgehead atoms. The van der Waals surface area contributed by atoms with E-state index >= 15 is 0 Å². The molecular weight excluding hydrogens is 278 g/mol. The van der Waals surface area contributed by atoms with E-state index in [9.17, 15) is 0 Å². The Balaban J connectivity index is 2.46. The highest BCUT2D eigenvalue weighted by molar-refractivity contribution is 5.53. The summed E-state index contributed by atoms with van der Waals surface area (Å²) in [6.07, 6.45) is 4.93. The Kier molecular flexibility index (Phi) is 5.00. The molecule has 1 aromatic carbocycles. The van der Waals surface area contributed by atoms with Crippen molar-refractivity contribution in [2.45, 2.75) is 51.6 Å². The highest BCUT2D eigenvalue weighted by Gasteiger charge is 2.45. The fraction of sp³-hybridized carbons (Fsp3) is 0.556. The van der Waals surface area contributed by atoms with Gasteiger partial charge in [0.1, 0.15) is 30.2 Å². The molecule has 0 saturated heterocycles. The van der Waals surface area contributed by atoms with Crippen molar-refractivity contribution in [2.75, 3.05) is 19.0 Å². The van der Waals surface area contributed by atoms with Gasteiger partial charge in [0, 0.05) is 18.3 Å². The highest BCUT2D eigenvalue weighted by Crippen LogP contribution is 2.44. The zero-order valence-electron chi connectivity index (χ0n) is 14.0. The largest absolute Gasteiger partial charge is 0.485 e. The zero-order chi connectivity index (χ0) is 16.3. The molecule has 22 heavy (non-hydrogen) atoms. The van der Waals surface area contributed by atoms with Crippen molar-refractivity contribution in [3.8, 4) is 18.1 Å². The smallest absolute Gasteiger partial charge is 0.132 e. The molecule has 0 aliphatic carbocycles. The summed E-state index contributed by atoms with van der Waals surface area (Å²) in [5.41, 5.74) is 1.47. The topological polar surface area (TPSA) is 39.7 Å². The number of ether oxygens (including phenoxy) is 3. The summed E-state index contributed by atoms with van der Waals surface area (Å²) >= 11 is 0. The van der Waals surface area contributed by atoms with E-state index in [-0.39, 0.29) is 24.9 Å². The molecule has 2 unspecified atom stereocenters. The van der Waals surface area contributed by atoms with Crippen molar-refractivity contribution in [2.24, 2.45) is 0 Å². The second-order valence-electron chi connectivity index (χ2n) is 6.25. The maximum Gasteiger partial charge on any atom is 0.132 e. The Morgan fingerprint density at radius 1 is 1.41 bits per heavy atom. The van der Waals surface area contributed by atoms with E-state index in [4.69, 9.17) is 20.6 Å². The van der Waals surface area contributed by atoms with Gasteiger partial charge in [0.05, 0.1) is 6.10 Å². The van der Waals surface area contributed by atoms with E-state index in [1.165, 1.54) is 0 Å². The number of fused-ring (bicyclic) bond motifs is 1. The van der Waals surface area contributed by atoms with Crippen LogP contribution in [-0.4, -0.2) is 31.5 Å². The first-order chi connectivity index (χ1) is 10.4. The molecule has 2 atom stereocenters. The third kappa shape index (κ3) is 3.37. The predicted octanol–water partition coefficient (Wildman–Crippen LogP) is 3.38. The molecule has 0 spiro atoms. The van der Waals surface area contributed by atoms with Crippen LogP contribution in [0.2, 0.25) is 0 Å². The molecule has 0 amide bonds. The summed E-state index contributed by atoms with van der Waals surface area (Å²) in [6, 6.07) is 6.00. The molecule has 120 valence electrons. The van der Waals surface area contributed by atoms with Crippen molar-refractivity contribution in [1.29, 1.82) is 0 Å². The summed E-state index contributed by atoms with van der Waals surface area (Å²) in [7, 11) is 1.89. The lowest BCUT2D eigenvalue weighted by Crippen LogP contribution is -2.51. The van der Waals surface area contributed by atoms with Gasteiger partial charge in [-0.15, -0.1) is 6.42 Å². The van der Waals surface area contributed by atoms with Gasteiger partial charge in [0.2, 0.25) is 0 Å². The summed E-state index contributed by atoms with van der Waals surface area (Å²) in [5.74, 6) is 3.36. The lowest BCUT2D eigenvalue weighted by atomic mass is 9.87. The standard InChI is InChI=1S/C18H25NO3/c1-7-10-20-17-16(21-12(2)3)14-11-13(19-6)8-9-15(14)22-18(17,4)5/h1,8-9,11-12,16-17,19H,10H2,2-6H3. The molecule has 0 radical (unpaired) electrons. The summed E-state index contributed by atoms with van der Waals surface area (Å²) in [4.78, 5) is 0. The van der Waals surface area contributed by atoms with Gasteiger partial charge in [-0.3, -0.25) is 0 Å². The van der Waals surface area contributed by atoms with Crippen molar-refractivity contribution in [1.82, 2.24) is 0 Å². The molecule has 0 fully saturated rings. The van der Waals surface area contributed by atoms with Gasteiger partial charge < -0.3 is 19.5 Å². The van der Waals surface area contributed by atoms with Crippen LogP contribution in [0.15, 0.2) is 18.2 Å². The molecule has 1 aromatic rings. The fourth-order valence-corrected chi connectivity index (χ4v) is 2.75. The van der Waals surface area contributed by atoms with Crippen LogP contribution in [0.1, 0.15) is 39.4 Å². The second-order valence-corrected chi connectivity index (χ2v) is 6.25. The molecule has 1 aliphatic rings. The van der Waals surface area contributed by atoms with E-state index in [1.54, 1.807) is 0 Å². The minimum Gasteiger partial charge on any atom is -0.485 e. The summed E-state index contributed by atoms with van der Waals surface area (Å²) < 4.78 is 18.2. The van der Waals surface area contributed by atoms with Crippen LogP contribution in [0.5, 0.6) is 5.75 Å². The normalized spacial score (nSPS) is 22.6. The first kappa shape index (κ1) is 16.7. The summed E-state index contributed by atoms with van der Waals surface area (Å²) in [6.45, 7) is 8.26. The van der Waals surface area contributed by atoms with E-state index < -0.39 is 5.60 Å². The molecule has 1 aliphatic heterocycles.